The Labute approximate surface area is 132 Å². The molecule has 3 rings (SSSR count). The maximum Gasteiger partial charge on any atom is 0.282 e. The van der Waals surface area contributed by atoms with E-state index < -0.39 is 0 Å². The van der Waals surface area contributed by atoms with Gasteiger partial charge in [0.25, 0.3) is 5.56 Å². The van der Waals surface area contributed by atoms with Crippen molar-refractivity contribution in [3.05, 3.63) is 56.4 Å². The zero-order valence-corrected chi connectivity index (χ0v) is 13.6. The Morgan fingerprint density at radius 2 is 2.24 bits per heavy atom. The quantitative estimate of drug-likeness (QED) is 0.927. The van der Waals surface area contributed by atoms with Gasteiger partial charge in [0, 0.05) is 19.5 Å². The van der Waals surface area contributed by atoms with Gasteiger partial charge in [-0.2, -0.15) is 5.10 Å². The predicted molar refractivity (Wildman–Crippen MR) is 87.8 cm³/mol. The number of hydrogen-bond acceptors (Lipinski definition) is 3. The fraction of sp³-hybridized carbons (Fsp3) is 0.375. The lowest BCUT2D eigenvalue weighted by Gasteiger charge is -2.26. The SMILES string of the molecule is Cn1ncc(NCC2CCCc3ccccc32)c(Br)c1=O. The predicted octanol–water partition coefficient (Wildman–Crippen LogP) is 3.07. The van der Waals surface area contributed by atoms with Crippen LogP contribution >= 0.6 is 15.9 Å². The Morgan fingerprint density at radius 3 is 3.10 bits per heavy atom. The minimum absolute atomic E-state index is 0.121. The van der Waals surface area contributed by atoms with E-state index in [1.54, 1.807) is 13.2 Å². The van der Waals surface area contributed by atoms with Gasteiger partial charge in [-0.25, -0.2) is 4.68 Å². The molecule has 1 aliphatic carbocycles. The molecular weight excluding hydrogens is 330 g/mol. The van der Waals surface area contributed by atoms with Crippen LogP contribution in [0.2, 0.25) is 0 Å². The first-order chi connectivity index (χ1) is 10.2. The molecule has 1 aromatic carbocycles. The van der Waals surface area contributed by atoms with Gasteiger partial charge in [-0.1, -0.05) is 24.3 Å². The van der Waals surface area contributed by atoms with Crippen LogP contribution in [-0.2, 0) is 13.5 Å². The molecule has 1 heterocycles. The van der Waals surface area contributed by atoms with Crippen LogP contribution in [0.3, 0.4) is 0 Å². The first-order valence-electron chi connectivity index (χ1n) is 7.20. The van der Waals surface area contributed by atoms with Gasteiger partial charge < -0.3 is 5.32 Å². The molecule has 0 saturated heterocycles. The van der Waals surface area contributed by atoms with Gasteiger partial charge in [0.15, 0.2) is 0 Å². The highest BCUT2D eigenvalue weighted by atomic mass is 79.9. The molecule has 1 atom stereocenters. The Kier molecular flexibility index (Phi) is 4.10. The van der Waals surface area contributed by atoms with E-state index in [-0.39, 0.29) is 5.56 Å². The molecule has 4 nitrogen and oxygen atoms in total. The molecule has 0 amide bonds. The zero-order valence-electron chi connectivity index (χ0n) is 12.0. The summed E-state index contributed by atoms with van der Waals surface area (Å²) in [5.41, 5.74) is 3.53. The van der Waals surface area contributed by atoms with Crippen LogP contribution in [0.1, 0.15) is 29.9 Å². The summed E-state index contributed by atoms with van der Waals surface area (Å²) in [4.78, 5) is 11.9. The van der Waals surface area contributed by atoms with Crippen molar-refractivity contribution >= 4 is 21.6 Å². The molecular formula is C16H18BrN3O. The number of benzene rings is 1. The van der Waals surface area contributed by atoms with E-state index in [1.165, 1.54) is 35.1 Å². The van der Waals surface area contributed by atoms with Crippen molar-refractivity contribution in [2.75, 3.05) is 11.9 Å². The van der Waals surface area contributed by atoms with Gasteiger partial charge in [-0.3, -0.25) is 4.79 Å². The lowest BCUT2D eigenvalue weighted by Crippen LogP contribution is -2.23. The minimum Gasteiger partial charge on any atom is -0.382 e. The molecule has 0 saturated carbocycles. The summed E-state index contributed by atoms with van der Waals surface area (Å²) in [6.07, 6.45) is 5.27. The molecule has 1 aliphatic rings. The third kappa shape index (κ3) is 2.88. The van der Waals surface area contributed by atoms with E-state index in [0.29, 0.717) is 10.4 Å². The van der Waals surface area contributed by atoms with Crippen molar-refractivity contribution in [1.29, 1.82) is 0 Å². The second kappa shape index (κ2) is 6.02. The number of aromatic nitrogens is 2. The molecule has 110 valence electrons. The van der Waals surface area contributed by atoms with Gasteiger partial charge in [0.05, 0.1) is 11.9 Å². The molecule has 0 spiro atoms. The fourth-order valence-electron chi connectivity index (χ4n) is 2.93. The minimum atomic E-state index is -0.121. The fourth-order valence-corrected chi connectivity index (χ4v) is 3.43. The smallest absolute Gasteiger partial charge is 0.282 e. The lowest BCUT2D eigenvalue weighted by molar-refractivity contribution is 0.571. The normalized spacial score (nSPS) is 17.3. The van der Waals surface area contributed by atoms with Gasteiger partial charge >= 0.3 is 0 Å². The third-order valence-corrected chi connectivity index (χ3v) is 4.88. The maximum absolute atomic E-state index is 11.9. The number of fused-ring (bicyclic) bond motifs is 1. The van der Waals surface area contributed by atoms with Crippen molar-refractivity contribution in [2.24, 2.45) is 7.05 Å². The summed E-state index contributed by atoms with van der Waals surface area (Å²) < 4.78 is 1.87. The van der Waals surface area contributed by atoms with Gasteiger partial charge in [0.1, 0.15) is 4.47 Å². The summed E-state index contributed by atoms with van der Waals surface area (Å²) in [7, 11) is 1.65. The third-order valence-electron chi connectivity index (χ3n) is 4.11. The highest BCUT2D eigenvalue weighted by Gasteiger charge is 2.20. The van der Waals surface area contributed by atoms with Crippen molar-refractivity contribution < 1.29 is 0 Å². The van der Waals surface area contributed by atoms with E-state index in [0.717, 1.165) is 12.2 Å². The van der Waals surface area contributed by atoms with Crippen molar-refractivity contribution in [2.45, 2.75) is 25.2 Å². The molecule has 5 heteroatoms. The summed E-state index contributed by atoms with van der Waals surface area (Å²) in [6, 6.07) is 8.65. The topological polar surface area (TPSA) is 46.9 Å². The highest BCUT2D eigenvalue weighted by molar-refractivity contribution is 9.10. The van der Waals surface area contributed by atoms with Crippen LogP contribution in [0.5, 0.6) is 0 Å². The lowest BCUT2D eigenvalue weighted by atomic mass is 9.83. The van der Waals surface area contributed by atoms with E-state index >= 15 is 0 Å². The average Bonchev–Trinajstić information content (AvgIpc) is 2.52. The molecule has 0 aliphatic heterocycles. The Hall–Kier alpha value is -1.62. The second-order valence-electron chi connectivity index (χ2n) is 5.47. The van der Waals surface area contributed by atoms with E-state index in [2.05, 4.69) is 50.6 Å². The van der Waals surface area contributed by atoms with Crippen LogP contribution in [0.4, 0.5) is 5.69 Å². The number of anilines is 1. The monoisotopic (exact) mass is 347 g/mol. The van der Waals surface area contributed by atoms with Gasteiger partial charge in [-0.05, 0) is 46.3 Å². The zero-order chi connectivity index (χ0) is 14.8. The second-order valence-corrected chi connectivity index (χ2v) is 6.26. The first kappa shape index (κ1) is 14.3. The molecule has 1 unspecified atom stereocenters. The largest absolute Gasteiger partial charge is 0.382 e. The first-order valence-corrected chi connectivity index (χ1v) is 7.99. The molecule has 0 fully saturated rings. The van der Waals surface area contributed by atoms with Crippen molar-refractivity contribution in [3.8, 4) is 0 Å². The summed E-state index contributed by atoms with van der Waals surface area (Å²) in [5.74, 6) is 0.492. The van der Waals surface area contributed by atoms with E-state index in [9.17, 15) is 4.79 Å². The summed E-state index contributed by atoms with van der Waals surface area (Å²) >= 11 is 3.35. The van der Waals surface area contributed by atoms with Crippen LogP contribution in [0, 0.1) is 0 Å². The molecule has 1 N–H and O–H groups in total. The molecule has 0 bridgehead atoms. The standard InChI is InChI=1S/C16H18BrN3O/c1-20-16(21)15(17)14(10-19-20)18-9-12-7-4-6-11-5-2-3-8-13(11)12/h2-3,5,8,10,12,18H,4,6-7,9H2,1H3. The summed E-state index contributed by atoms with van der Waals surface area (Å²) in [6.45, 7) is 0.824. The number of nitrogens with zero attached hydrogens (tertiary/aromatic N) is 2. The number of halogens is 1. The van der Waals surface area contributed by atoms with Crippen LogP contribution in [0.25, 0.3) is 0 Å². The van der Waals surface area contributed by atoms with E-state index in [1.807, 2.05) is 0 Å². The van der Waals surface area contributed by atoms with Crippen molar-refractivity contribution in [3.63, 3.8) is 0 Å². The maximum atomic E-state index is 11.9. The Morgan fingerprint density at radius 1 is 1.43 bits per heavy atom. The average molecular weight is 348 g/mol. The molecule has 0 radical (unpaired) electrons. The van der Waals surface area contributed by atoms with Crippen LogP contribution < -0.4 is 10.9 Å². The number of nitrogens with one attached hydrogen (secondary N) is 1. The van der Waals surface area contributed by atoms with Gasteiger partial charge in [0.2, 0.25) is 0 Å². The molecule has 21 heavy (non-hydrogen) atoms. The van der Waals surface area contributed by atoms with Gasteiger partial charge in [-0.15, -0.1) is 0 Å². The number of rotatable bonds is 3. The highest BCUT2D eigenvalue weighted by Crippen LogP contribution is 2.31. The Bertz CT molecular complexity index is 711. The Balaban J connectivity index is 1.78. The molecule has 2 aromatic rings. The van der Waals surface area contributed by atoms with Crippen LogP contribution in [0.15, 0.2) is 39.7 Å². The number of hydrogen-bond donors (Lipinski definition) is 1. The van der Waals surface area contributed by atoms with Crippen LogP contribution in [-0.4, -0.2) is 16.3 Å². The van der Waals surface area contributed by atoms with E-state index in [4.69, 9.17) is 0 Å². The van der Waals surface area contributed by atoms with Crippen molar-refractivity contribution in [1.82, 2.24) is 9.78 Å². The number of aryl methyl sites for hydroxylation is 2. The summed E-state index contributed by atoms with van der Waals surface area (Å²) in [5, 5.41) is 7.43. The molecule has 1 aromatic heterocycles.